The van der Waals surface area contributed by atoms with E-state index in [4.69, 9.17) is 0 Å². The topological polar surface area (TPSA) is 0 Å². The van der Waals surface area contributed by atoms with Gasteiger partial charge >= 0.3 is 0 Å². The van der Waals surface area contributed by atoms with E-state index in [1.165, 1.54) is 49.9 Å². The Morgan fingerprint density at radius 1 is 1.00 bits per heavy atom. The van der Waals surface area contributed by atoms with Crippen LogP contribution in [-0.4, -0.2) is 30.7 Å². The van der Waals surface area contributed by atoms with E-state index in [0.29, 0.717) is 0 Å². The molecule has 0 bridgehead atoms. The largest absolute Gasteiger partial charge is 0.283 e. The van der Waals surface area contributed by atoms with Crippen LogP contribution in [-0.2, 0) is 0 Å². The molecule has 0 aliphatic carbocycles. The molecule has 2 saturated heterocycles. The second kappa shape index (κ2) is 1.91. The third-order valence-corrected chi connectivity index (χ3v) is 2.84. The number of quaternary nitrogens is 1. The van der Waals surface area contributed by atoms with E-state index in [0.717, 1.165) is 0 Å². The first kappa shape index (κ1) is 5.60. The maximum absolute atomic E-state index is 2.46. The molecule has 0 aromatic heterocycles. The molecule has 0 radical (unpaired) electrons. The van der Waals surface area contributed by atoms with E-state index >= 15 is 0 Å². The van der Waals surface area contributed by atoms with Crippen molar-refractivity contribution < 1.29 is 4.48 Å². The molecule has 0 aromatic carbocycles. The lowest BCUT2D eigenvalue weighted by Gasteiger charge is -2.23. The van der Waals surface area contributed by atoms with Gasteiger partial charge in [-0.25, -0.2) is 0 Å². The number of nitrogens with zero attached hydrogens (tertiary/aromatic N) is 1. The average molecular weight is 125 g/mol. The van der Waals surface area contributed by atoms with Crippen LogP contribution in [0.25, 0.3) is 0 Å². The summed E-state index contributed by atoms with van der Waals surface area (Å²) in [6.45, 7) is 5.76. The summed E-state index contributed by atoms with van der Waals surface area (Å²) in [5, 5.41) is 0. The van der Waals surface area contributed by atoms with Crippen LogP contribution < -0.4 is 0 Å². The van der Waals surface area contributed by atoms with E-state index in [1.54, 1.807) is 0 Å². The Hall–Kier alpha value is -0.170. The molecule has 2 fully saturated rings. The minimum atomic E-state index is 1.38. The second-order valence-corrected chi connectivity index (χ2v) is 3.48. The van der Waals surface area contributed by atoms with Crippen LogP contribution in [0, 0.1) is 6.42 Å². The smallest absolute Gasteiger partial charge is 0.212 e. The van der Waals surface area contributed by atoms with Crippen molar-refractivity contribution in [3.63, 3.8) is 0 Å². The molecule has 1 heteroatoms. The van der Waals surface area contributed by atoms with E-state index in [-0.39, 0.29) is 0 Å². The van der Waals surface area contributed by atoms with Crippen LogP contribution in [0.15, 0.2) is 0 Å². The Kier molecular flexibility index (Phi) is 1.19. The van der Waals surface area contributed by atoms with Crippen LogP contribution in [0.4, 0.5) is 0 Å². The van der Waals surface area contributed by atoms with Crippen LogP contribution in [0.3, 0.4) is 0 Å². The van der Waals surface area contributed by atoms with Gasteiger partial charge in [-0.15, -0.1) is 0 Å². The van der Waals surface area contributed by atoms with Gasteiger partial charge in [-0.3, -0.25) is 4.48 Å². The average Bonchev–Trinajstić information content (AvgIpc) is 2.45. The van der Waals surface area contributed by atoms with Crippen LogP contribution in [0.2, 0.25) is 0 Å². The van der Waals surface area contributed by atoms with Gasteiger partial charge in [-0.05, 0) is 0 Å². The molecule has 50 valence electrons. The van der Waals surface area contributed by atoms with Gasteiger partial charge in [0.2, 0.25) is 6.54 Å². The molecular formula is C8H15N+2. The Bertz CT molecular complexity index is 79.6. The highest BCUT2D eigenvalue weighted by atomic mass is 15.4. The third-order valence-electron chi connectivity index (χ3n) is 2.84. The summed E-state index contributed by atoms with van der Waals surface area (Å²) in [4.78, 5) is 0. The molecule has 0 saturated carbocycles. The fourth-order valence-electron chi connectivity index (χ4n) is 2.23. The third kappa shape index (κ3) is 0.837. The molecule has 0 unspecified atom stereocenters. The fraction of sp³-hybridized carbons (Fsp3) is 0.875. The molecule has 2 rings (SSSR count). The minimum Gasteiger partial charge on any atom is -0.283 e. The lowest BCUT2D eigenvalue weighted by molar-refractivity contribution is -0.903. The Morgan fingerprint density at radius 2 is 1.78 bits per heavy atom. The van der Waals surface area contributed by atoms with Crippen molar-refractivity contribution in [2.24, 2.45) is 0 Å². The molecule has 0 atom stereocenters. The van der Waals surface area contributed by atoms with Gasteiger partial charge in [0, 0.05) is 12.8 Å². The van der Waals surface area contributed by atoms with Gasteiger partial charge < -0.3 is 0 Å². The lowest BCUT2D eigenvalue weighted by Crippen LogP contribution is -2.41. The standard InChI is InChI=1S/C8H15N/c1-2-6-9(5-1)7-3-4-8-9/h1H,2-8H2/q+2. The maximum atomic E-state index is 2.46. The highest BCUT2D eigenvalue weighted by molar-refractivity contribution is 4.74. The molecule has 0 N–H and O–H groups in total. The SMILES string of the molecule is [CH+]1CC[N+]2(C1)CCCC2. The maximum Gasteiger partial charge on any atom is 0.212 e. The highest BCUT2D eigenvalue weighted by Crippen LogP contribution is 2.25. The van der Waals surface area contributed by atoms with Crippen LogP contribution >= 0.6 is 0 Å². The Balaban J connectivity index is 2.04. The first-order valence-electron chi connectivity index (χ1n) is 4.08. The zero-order valence-corrected chi connectivity index (χ0v) is 5.97. The highest BCUT2D eigenvalue weighted by Gasteiger charge is 2.39. The summed E-state index contributed by atoms with van der Waals surface area (Å²) < 4.78 is 1.44. The van der Waals surface area contributed by atoms with Crippen molar-refractivity contribution >= 4 is 0 Å². The van der Waals surface area contributed by atoms with Gasteiger partial charge in [0.25, 0.3) is 0 Å². The first-order valence-corrected chi connectivity index (χ1v) is 4.08. The predicted molar refractivity (Wildman–Crippen MR) is 37.9 cm³/mol. The van der Waals surface area contributed by atoms with Crippen molar-refractivity contribution in [1.82, 2.24) is 0 Å². The molecule has 2 aliphatic rings. The van der Waals surface area contributed by atoms with E-state index < -0.39 is 0 Å². The van der Waals surface area contributed by atoms with Gasteiger partial charge in [-0.1, -0.05) is 0 Å². The number of rotatable bonds is 0. The molecule has 0 amide bonds. The van der Waals surface area contributed by atoms with Gasteiger partial charge in [0.1, 0.15) is 19.4 Å². The van der Waals surface area contributed by atoms with Crippen LogP contribution in [0.1, 0.15) is 19.3 Å². The predicted octanol–water partition coefficient (Wildman–Crippen LogP) is 1.20. The second-order valence-electron chi connectivity index (χ2n) is 3.48. The molecule has 1 spiro atoms. The minimum absolute atomic E-state index is 1.38. The van der Waals surface area contributed by atoms with Gasteiger partial charge in [-0.2, -0.15) is 0 Å². The van der Waals surface area contributed by atoms with E-state index in [9.17, 15) is 0 Å². The normalized spacial score (nSPS) is 31.1. The molecule has 0 aromatic rings. The van der Waals surface area contributed by atoms with Crippen molar-refractivity contribution in [3.05, 3.63) is 6.42 Å². The van der Waals surface area contributed by atoms with Crippen molar-refractivity contribution in [3.8, 4) is 0 Å². The van der Waals surface area contributed by atoms with Crippen molar-refractivity contribution in [2.45, 2.75) is 19.3 Å². The zero-order valence-electron chi connectivity index (χ0n) is 5.97. The molecule has 2 aliphatic heterocycles. The van der Waals surface area contributed by atoms with Crippen LogP contribution in [0.5, 0.6) is 0 Å². The van der Waals surface area contributed by atoms with E-state index in [1.807, 2.05) is 0 Å². The Labute approximate surface area is 57.3 Å². The quantitative estimate of drug-likeness (QED) is 0.337. The molecule has 2 heterocycles. The van der Waals surface area contributed by atoms with Crippen molar-refractivity contribution in [2.75, 3.05) is 26.2 Å². The summed E-state index contributed by atoms with van der Waals surface area (Å²) in [5.74, 6) is 0. The zero-order chi connectivity index (χ0) is 6.16. The van der Waals surface area contributed by atoms with E-state index in [2.05, 4.69) is 6.42 Å². The molecular weight excluding hydrogens is 110 g/mol. The monoisotopic (exact) mass is 125 g/mol. The van der Waals surface area contributed by atoms with Crippen molar-refractivity contribution in [1.29, 1.82) is 0 Å². The van der Waals surface area contributed by atoms with Gasteiger partial charge in [0.15, 0.2) is 0 Å². The molecule has 9 heavy (non-hydrogen) atoms. The first-order chi connectivity index (χ1) is 4.41. The summed E-state index contributed by atoms with van der Waals surface area (Å²) in [5.41, 5.74) is 0. The Morgan fingerprint density at radius 3 is 2.33 bits per heavy atom. The summed E-state index contributed by atoms with van der Waals surface area (Å²) in [6.07, 6.45) is 6.80. The fourth-order valence-corrected chi connectivity index (χ4v) is 2.23. The number of hydrogen-bond acceptors (Lipinski definition) is 0. The lowest BCUT2D eigenvalue weighted by atomic mass is 10.4. The summed E-state index contributed by atoms with van der Waals surface area (Å²) >= 11 is 0. The van der Waals surface area contributed by atoms with Gasteiger partial charge in [0.05, 0.1) is 13.1 Å². The molecule has 1 nitrogen and oxygen atoms in total. The summed E-state index contributed by atoms with van der Waals surface area (Å²) in [7, 11) is 0. The number of hydrogen-bond donors (Lipinski definition) is 0. The summed E-state index contributed by atoms with van der Waals surface area (Å²) in [6, 6.07) is 0.